The van der Waals surface area contributed by atoms with E-state index in [1.54, 1.807) is 6.07 Å². The van der Waals surface area contributed by atoms with E-state index in [1.807, 2.05) is 13.2 Å². The number of H-pyrrole nitrogens is 1. The average molecular weight is 285 g/mol. The summed E-state index contributed by atoms with van der Waals surface area (Å²) in [4.78, 5) is 12.0. The van der Waals surface area contributed by atoms with E-state index in [4.69, 9.17) is 0 Å². The van der Waals surface area contributed by atoms with Crippen molar-refractivity contribution >= 4 is 17.7 Å². The molecular formula is C13H23N3O2S. The molecule has 1 aromatic rings. The quantitative estimate of drug-likeness (QED) is 0.767. The molecule has 1 heterocycles. The highest BCUT2D eigenvalue weighted by Gasteiger charge is 2.22. The summed E-state index contributed by atoms with van der Waals surface area (Å²) >= 11 is 1.53. The molecule has 1 aromatic heterocycles. The van der Waals surface area contributed by atoms with Crippen molar-refractivity contribution < 1.29 is 9.90 Å². The fraction of sp³-hybridized carbons (Fsp3) is 0.692. The molecule has 5 nitrogen and oxygen atoms in total. The minimum atomic E-state index is -0.216. The van der Waals surface area contributed by atoms with Crippen molar-refractivity contribution in [1.29, 1.82) is 0 Å². The number of aromatic nitrogens is 2. The number of hydrogen-bond donors (Lipinski definition) is 3. The zero-order valence-corrected chi connectivity index (χ0v) is 13.0. The fourth-order valence-electron chi connectivity index (χ4n) is 1.63. The van der Waals surface area contributed by atoms with E-state index in [1.165, 1.54) is 11.8 Å². The standard InChI is InChI=1S/C13H23N3O2S/c1-8(10(7-17)19-5)14-12(18)9-6-11(16-15-9)13(2,3)4/h6,8,10,17H,7H2,1-5H3,(H,14,18)(H,15,16)/t8-,10-/m0/s1. The predicted molar refractivity (Wildman–Crippen MR) is 78.6 cm³/mol. The third-order valence-corrected chi connectivity index (χ3v) is 4.18. The maximum atomic E-state index is 12.0. The molecule has 0 aliphatic heterocycles. The second-order valence-corrected chi connectivity index (χ2v) is 6.71. The van der Waals surface area contributed by atoms with Crippen molar-refractivity contribution in [2.75, 3.05) is 12.9 Å². The van der Waals surface area contributed by atoms with Crippen LogP contribution in [0.25, 0.3) is 0 Å². The molecule has 6 heteroatoms. The highest BCUT2D eigenvalue weighted by atomic mass is 32.2. The minimum Gasteiger partial charge on any atom is -0.395 e. The van der Waals surface area contributed by atoms with Crippen LogP contribution in [0.15, 0.2) is 6.07 Å². The van der Waals surface area contributed by atoms with Gasteiger partial charge in [0.2, 0.25) is 0 Å². The lowest BCUT2D eigenvalue weighted by molar-refractivity contribution is 0.0931. The number of carbonyl (C=O) groups excluding carboxylic acids is 1. The van der Waals surface area contributed by atoms with Crippen molar-refractivity contribution in [3.05, 3.63) is 17.5 Å². The van der Waals surface area contributed by atoms with Crippen LogP contribution >= 0.6 is 11.8 Å². The Kier molecular flexibility index (Phi) is 5.43. The minimum absolute atomic E-state index is 0.00928. The number of amides is 1. The van der Waals surface area contributed by atoms with Crippen molar-refractivity contribution in [2.45, 2.75) is 44.4 Å². The summed E-state index contributed by atoms with van der Waals surface area (Å²) in [5.74, 6) is -0.216. The van der Waals surface area contributed by atoms with E-state index >= 15 is 0 Å². The first-order valence-electron chi connectivity index (χ1n) is 6.30. The first kappa shape index (κ1) is 16.0. The number of aliphatic hydroxyl groups excluding tert-OH is 1. The van der Waals surface area contributed by atoms with Crippen molar-refractivity contribution in [3.63, 3.8) is 0 Å². The summed E-state index contributed by atoms with van der Waals surface area (Å²) in [6.45, 7) is 8.09. The number of thioether (sulfide) groups is 1. The number of aliphatic hydroxyl groups is 1. The Balaban J connectivity index is 2.71. The molecule has 0 bridgehead atoms. The highest BCUT2D eigenvalue weighted by molar-refractivity contribution is 7.99. The van der Waals surface area contributed by atoms with Crippen molar-refractivity contribution in [1.82, 2.24) is 15.5 Å². The first-order chi connectivity index (χ1) is 8.79. The Morgan fingerprint density at radius 2 is 2.21 bits per heavy atom. The lowest BCUT2D eigenvalue weighted by Gasteiger charge is -2.20. The van der Waals surface area contributed by atoms with Crippen LogP contribution in [0, 0.1) is 0 Å². The summed E-state index contributed by atoms with van der Waals surface area (Å²) in [7, 11) is 0. The Hall–Kier alpha value is -1.01. The SMILES string of the molecule is CS[C@@H](CO)[C@H](C)NC(=O)c1cc(C(C)(C)C)[nH]n1. The van der Waals surface area contributed by atoms with Gasteiger partial charge in [-0.05, 0) is 19.2 Å². The van der Waals surface area contributed by atoms with Crippen LogP contribution in [0.1, 0.15) is 43.9 Å². The highest BCUT2D eigenvalue weighted by Crippen LogP contribution is 2.20. The number of nitrogens with zero attached hydrogens (tertiary/aromatic N) is 1. The molecule has 3 N–H and O–H groups in total. The molecule has 0 unspecified atom stereocenters. The second kappa shape index (κ2) is 6.43. The molecule has 0 aromatic carbocycles. The monoisotopic (exact) mass is 285 g/mol. The zero-order chi connectivity index (χ0) is 14.6. The maximum Gasteiger partial charge on any atom is 0.272 e. The third kappa shape index (κ3) is 4.24. The Bertz CT molecular complexity index is 422. The third-order valence-electron chi connectivity index (χ3n) is 3.02. The molecule has 0 aliphatic carbocycles. The number of carbonyl (C=O) groups is 1. The van der Waals surface area contributed by atoms with Crippen LogP contribution in [-0.2, 0) is 5.41 Å². The summed E-state index contributed by atoms with van der Waals surface area (Å²) in [5.41, 5.74) is 1.24. The van der Waals surface area contributed by atoms with Gasteiger partial charge in [0, 0.05) is 22.4 Å². The van der Waals surface area contributed by atoms with E-state index in [2.05, 4.69) is 36.3 Å². The summed E-state index contributed by atoms with van der Waals surface area (Å²) in [6.07, 6.45) is 1.91. The Morgan fingerprint density at radius 1 is 1.58 bits per heavy atom. The molecule has 0 radical (unpaired) electrons. The van der Waals surface area contributed by atoms with Gasteiger partial charge in [-0.2, -0.15) is 16.9 Å². The van der Waals surface area contributed by atoms with Crippen LogP contribution < -0.4 is 5.32 Å². The predicted octanol–water partition coefficient (Wildman–Crippen LogP) is 1.55. The van der Waals surface area contributed by atoms with Gasteiger partial charge in [0.25, 0.3) is 5.91 Å². The summed E-state index contributed by atoms with van der Waals surface area (Å²) in [6, 6.07) is 1.66. The number of rotatable bonds is 5. The van der Waals surface area contributed by atoms with Crippen molar-refractivity contribution in [2.24, 2.45) is 0 Å². The van der Waals surface area contributed by atoms with E-state index in [0.717, 1.165) is 5.69 Å². The smallest absolute Gasteiger partial charge is 0.272 e. The molecule has 108 valence electrons. The fourth-order valence-corrected chi connectivity index (χ4v) is 2.26. The summed E-state index contributed by atoms with van der Waals surface area (Å²) < 4.78 is 0. The molecule has 0 aliphatic rings. The van der Waals surface area contributed by atoms with Crippen molar-refractivity contribution in [3.8, 4) is 0 Å². The molecular weight excluding hydrogens is 262 g/mol. The van der Waals surface area contributed by atoms with Gasteiger partial charge in [-0.25, -0.2) is 0 Å². The molecule has 2 atom stereocenters. The largest absolute Gasteiger partial charge is 0.395 e. The Labute approximate surface area is 118 Å². The Morgan fingerprint density at radius 3 is 2.63 bits per heavy atom. The number of aromatic amines is 1. The molecule has 0 saturated carbocycles. The van der Waals surface area contributed by atoms with E-state index in [9.17, 15) is 9.90 Å². The lowest BCUT2D eigenvalue weighted by atomic mass is 9.92. The van der Waals surface area contributed by atoms with E-state index < -0.39 is 0 Å². The summed E-state index contributed by atoms with van der Waals surface area (Å²) in [5, 5.41) is 19.0. The zero-order valence-electron chi connectivity index (χ0n) is 12.2. The molecule has 0 spiro atoms. The van der Waals surface area contributed by atoms with Gasteiger partial charge >= 0.3 is 0 Å². The van der Waals surface area contributed by atoms with Crippen LogP contribution in [0.3, 0.4) is 0 Å². The van der Waals surface area contributed by atoms with Crippen LogP contribution in [0.2, 0.25) is 0 Å². The van der Waals surface area contributed by atoms with Gasteiger partial charge in [0.15, 0.2) is 0 Å². The van der Waals surface area contributed by atoms with Gasteiger partial charge < -0.3 is 10.4 Å². The maximum absolute atomic E-state index is 12.0. The van der Waals surface area contributed by atoms with Crippen LogP contribution in [0.5, 0.6) is 0 Å². The van der Waals surface area contributed by atoms with Crippen LogP contribution in [0.4, 0.5) is 0 Å². The molecule has 1 rings (SSSR count). The molecule has 19 heavy (non-hydrogen) atoms. The van der Waals surface area contributed by atoms with Gasteiger partial charge in [-0.3, -0.25) is 9.89 Å². The van der Waals surface area contributed by atoms with Gasteiger partial charge in [0.05, 0.1) is 6.61 Å². The van der Waals surface area contributed by atoms with E-state index in [-0.39, 0.29) is 29.2 Å². The lowest BCUT2D eigenvalue weighted by Crippen LogP contribution is -2.41. The topological polar surface area (TPSA) is 78.0 Å². The average Bonchev–Trinajstić information content (AvgIpc) is 2.79. The molecule has 1 amide bonds. The first-order valence-corrected chi connectivity index (χ1v) is 7.58. The molecule has 0 saturated heterocycles. The number of nitrogens with one attached hydrogen (secondary N) is 2. The van der Waals surface area contributed by atoms with Crippen LogP contribution in [-0.4, -0.2) is 45.4 Å². The number of hydrogen-bond acceptors (Lipinski definition) is 4. The van der Waals surface area contributed by atoms with Gasteiger partial charge in [-0.15, -0.1) is 0 Å². The normalized spacial score (nSPS) is 15.1. The van der Waals surface area contributed by atoms with E-state index in [0.29, 0.717) is 5.69 Å². The van der Waals surface area contributed by atoms with Gasteiger partial charge in [-0.1, -0.05) is 20.8 Å². The van der Waals surface area contributed by atoms with Gasteiger partial charge in [0.1, 0.15) is 5.69 Å². The molecule has 0 fully saturated rings. The second-order valence-electron chi connectivity index (χ2n) is 5.64.